The van der Waals surface area contributed by atoms with Crippen molar-refractivity contribution in [1.29, 1.82) is 0 Å². The minimum absolute atomic E-state index is 0.158. The van der Waals surface area contributed by atoms with Gasteiger partial charge >= 0.3 is 0 Å². The molecule has 0 fully saturated rings. The molecule has 1 heterocycles. The third-order valence-corrected chi connectivity index (χ3v) is 3.16. The summed E-state index contributed by atoms with van der Waals surface area (Å²) < 4.78 is 0. The molecule has 1 N–H and O–H groups in total. The van der Waals surface area contributed by atoms with Gasteiger partial charge in [0.05, 0.1) is 11.3 Å². The molecule has 1 aromatic rings. The minimum atomic E-state index is -0.651. The molecule has 0 atom stereocenters. The molecule has 0 saturated heterocycles. The number of benzene rings is 1. The van der Waals surface area contributed by atoms with Crippen molar-refractivity contribution in [2.24, 2.45) is 0 Å². The van der Waals surface area contributed by atoms with Gasteiger partial charge < -0.3 is 5.32 Å². The fraction of sp³-hybridized carbons (Fsp3) is 0.267. The molecule has 0 radical (unpaired) electrons. The summed E-state index contributed by atoms with van der Waals surface area (Å²) in [6.45, 7) is 7.35. The smallest absolute Gasteiger partial charge is 0.299 e. The van der Waals surface area contributed by atoms with E-state index in [4.69, 9.17) is 0 Å². The Morgan fingerprint density at radius 1 is 1.35 bits per heavy atom. The van der Waals surface area contributed by atoms with Crippen LogP contribution in [0.3, 0.4) is 0 Å². The van der Waals surface area contributed by atoms with E-state index < -0.39 is 11.7 Å². The lowest BCUT2D eigenvalue weighted by atomic mass is 10.0. The van der Waals surface area contributed by atoms with Crippen molar-refractivity contribution in [3.8, 4) is 0 Å². The second-order valence-electron chi connectivity index (χ2n) is 4.79. The standard InChI is InChI=1S/C15H16N2O3/c1-4-5-16-12(18)8-17-11-7-9(2)6-10(3)13(11)14(19)15(17)20/h4,6-7H,1,5,8H2,2-3H3,(H,16,18). The Bertz CT molecular complexity index is 620. The summed E-state index contributed by atoms with van der Waals surface area (Å²) in [5, 5.41) is 2.59. The second-order valence-corrected chi connectivity index (χ2v) is 4.79. The van der Waals surface area contributed by atoms with Crippen molar-refractivity contribution in [3.05, 3.63) is 41.5 Å². The number of Topliss-reactive ketones (excluding diaryl/α,β-unsaturated/α-hetero) is 1. The molecule has 2 rings (SSSR count). The Balaban J connectivity index is 2.33. The highest BCUT2D eigenvalue weighted by molar-refractivity contribution is 6.53. The Morgan fingerprint density at radius 3 is 2.70 bits per heavy atom. The molecular weight excluding hydrogens is 256 g/mol. The van der Waals surface area contributed by atoms with Crippen LogP contribution in [0.1, 0.15) is 21.5 Å². The fourth-order valence-corrected chi connectivity index (χ4v) is 2.33. The first-order valence-electron chi connectivity index (χ1n) is 6.30. The zero-order chi connectivity index (χ0) is 14.9. The van der Waals surface area contributed by atoms with Crippen molar-refractivity contribution in [1.82, 2.24) is 5.32 Å². The van der Waals surface area contributed by atoms with E-state index in [1.165, 1.54) is 4.90 Å². The highest BCUT2D eigenvalue weighted by Gasteiger charge is 2.37. The summed E-state index contributed by atoms with van der Waals surface area (Å²) in [4.78, 5) is 37.0. The number of ketones is 1. The summed E-state index contributed by atoms with van der Waals surface area (Å²) in [6, 6.07) is 3.61. The summed E-state index contributed by atoms with van der Waals surface area (Å²) >= 11 is 0. The minimum Gasteiger partial charge on any atom is -0.351 e. The topological polar surface area (TPSA) is 66.5 Å². The van der Waals surface area contributed by atoms with Gasteiger partial charge in [-0.2, -0.15) is 0 Å². The molecule has 1 aliphatic heterocycles. The molecular formula is C15H16N2O3. The predicted molar refractivity (Wildman–Crippen MR) is 75.8 cm³/mol. The molecule has 1 aliphatic rings. The number of hydrogen-bond donors (Lipinski definition) is 1. The number of anilines is 1. The van der Waals surface area contributed by atoms with Crippen LogP contribution < -0.4 is 10.2 Å². The lowest BCUT2D eigenvalue weighted by molar-refractivity contribution is -0.122. The Labute approximate surface area is 117 Å². The molecule has 20 heavy (non-hydrogen) atoms. The van der Waals surface area contributed by atoms with Crippen LogP contribution in [-0.4, -0.2) is 30.7 Å². The first-order valence-corrected chi connectivity index (χ1v) is 6.30. The van der Waals surface area contributed by atoms with E-state index >= 15 is 0 Å². The number of hydrogen-bond acceptors (Lipinski definition) is 3. The molecule has 0 unspecified atom stereocenters. The van der Waals surface area contributed by atoms with Crippen LogP contribution in [-0.2, 0) is 9.59 Å². The van der Waals surface area contributed by atoms with Gasteiger partial charge in [-0.05, 0) is 31.0 Å². The maximum Gasteiger partial charge on any atom is 0.299 e. The van der Waals surface area contributed by atoms with E-state index in [0.29, 0.717) is 17.8 Å². The van der Waals surface area contributed by atoms with Crippen LogP contribution >= 0.6 is 0 Å². The van der Waals surface area contributed by atoms with Gasteiger partial charge in [-0.1, -0.05) is 12.1 Å². The van der Waals surface area contributed by atoms with Gasteiger partial charge in [0.2, 0.25) is 5.91 Å². The molecule has 0 aromatic heterocycles. The largest absolute Gasteiger partial charge is 0.351 e. The van der Waals surface area contributed by atoms with Crippen molar-refractivity contribution < 1.29 is 14.4 Å². The maximum atomic E-state index is 12.0. The van der Waals surface area contributed by atoms with Crippen LogP contribution in [0.5, 0.6) is 0 Å². The average molecular weight is 272 g/mol. The molecule has 0 saturated carbocycles. The maximum absolute atomic E-state index is 12.0. The predicted octanol–water partition coefficient (Wildman–Crippen LogP) is 1.13. The van der Waals surface area contributed by atoms with Crippen LogP contribution in [0.25, 0.3) is 0 Å². The van der Waals surface area contributed by atoms with Gasteiger partial charge in [0.25, 0.3) is 11.7 Å². The molecule has 0 spiro atoms. The van der Waals surface area contributed by atoms with Gasteiger partial charge in [0.1, 0.15) is 6.54 Å². The van der Waals surface area contributed by atoms with Gasteiger partial charge in [-0.3, -0.25) is 19.3 Å². The van der Waals surface area contributed by atoms with E-state index in [-0.39, 0.29) is 12.5 Å². The molecule has 104 valence electrons. The summed E-state index contributed by atoms with van der Waals surface area (Å²) in [7, 11) is 0. The molecule has 1 aromatic carbocycles. The molecule has 0 aliphatic carbocycles. The van der Waals surface area contributed by atoms with E-state index in [1.54, 1.807) is 19.1 Å². The molecule has 0 bridgehead atoms. The van der Waals surface area contributed by atoms with E-state index in [1.807, 2.05) is 13.0 Å². The third kappa shape index (κ3) is 2.34. The number of rotatable bonds is 4. The molecule has 5 heteroatoms. The molecule has 5 nitrogen and oxygen atoms in total. The Hall–Kier alpha value is -2.43. The molecule has 2 amide bonds. The van der Waals surface area contributed by atoms with Gasteiger partial charge in [-0.15, -0.1) is 6.58 Å². The van der Waals surface area contributed by atoms with Crippen LogP contribution in [0.15, 0.2) is 24.8 Å². The van der Waals surface area contributed by atoms with E-state index in [9.17, 15) is 14.4 Å². The number of nitrogens with zero attached hydrogens (tertiary/aromatic N) is 1. The zero-order valence-corrected chi connectivity index (χ0v) is 11.5. The summed E-state index contributed by atoms with van der Waals surface area (Å²) in [6.07, 6.45) is 1.55. The summed E-state index contributed by atoms with van der Waals surface area (Å²) in [5.41, 5.74) is 2.62. The highest BCUT2D eigenvalue weighted by Crippen LogP contribution is 2.32. The van der Waals surface area contributed by atoms with Gasteiger partial charge in [0, 0.05) is 6.54 Å². The summed E-state index contributed by atoms with van der Waals surface area (Å²) in [5.74, 6) is -1.52. The zero-order valence-electron chi connectivity index (χ0n) is 11.5. The first-order chi connectivity index (χ1) is 9.45. The second kappa shape index (κ2) is 5.28. The SMILES string of the molecule is C=CCNC(=O)CN1C(=O)C(=O)c2c(C)cc(C)cc21. The Kier molecular flexibility index (Phi) is 3.70. The number of fused-ring (bicyclic) bond motifs is 1. The van der Waals surface area contributed by atoms with Crippen molar-refractivity contribution in [3.63, 3.8) is 0 Å². The average Bonchev–Trinajstić information content (AvgIpc) is 2.61. The van der Waals surface area contributed by atoms with Gasteiger partial charge in [-0.25, -0.2) is 0 Å². The van der Waals surface area contributed by atoms with Crippen molar-refractivity contribution in [2.45, 2.75) is 13.8 Å². The van der Waals surface area contributed by atoms with Crippen LogP contribution in [0, 0.1) is 13.8 Å². The third-order valence-electron chi connectivity index (χ3n) is 3.16. The van der Waals surface area contributed by atoms with Crippen LogP contribution in [0.4, 0.5) is 5.69 Å². The van der Waals surface area contributed by atoms with Gasteiger partial charge in [0.15, 0.2) is 0 Å². The number of aryl methyl sites for hydroxylation is 2. The number of carbonyl (C=O) groups excluding carboxylic acids is 3. The van der Waals surface area contributed by atoms with Crippen LogP contribution in [0.2, 0.25) is 0 Å². The van der Waals surface area contributed by atoms with E-state index in [0.717, 1.165) is 11.1 Å². The highest BCUT2D eigenvalue weighted by atomic mass is 16.2. The normalized spacial score (nSPS) is 13.4. The van der Waals surface area contributed by atoms with Crippen molar-refractivity contribution in [2.75, 3.05) is 18.0 Å². The monoisotopic (exact) mass is 272 g/mol. The quantitative estimate of drug-likeness (QED) is 0.660. The fourth-order valence-electron chi connectivity index (χ4n) is 2.33. The number of amides is 2. The number of nitrogens with one attached hydrogen (secondary N) is 1. The lowest BCUT2D eigenvalue weighted by Crippen LogP contribution is -2.40. The lowest BCUT2D eigenvalue weighted by Gasteiger charge is -2.16. The van der Waals surface area contributed by atoms with Crippen molar-refractivity contribution >= 4 is 23.3 Å². The number of carbonyl (C=O) groups is 3. The first kappa shape index (κ1) is 14.0. The van der Waals surface area contributed by atoms with E-state index in [2.05, 4.69) is 11.9 Å². The Morgan fingerprint density at radius 2 is 2.05 bits per heavy atom.